The van der Waals surface area contributed by atoms with Crippen molar-refractivity contribution in [2.24, 2.45) is 0 Å². The first kappa shape index (κ1) is 13.9. The van der Waals surface area contributed by atoms with E-state index in [4.69, 9.17) is 11.6 Å². The summed E-state index contributed by atoms with van der Waals surface area (Å²) in [7, 11) is 1.96. The average molecular weight is 278 g/mol. The van der Waals surface area contributed by atoms with Gasteiger partial charge in [-0.1, -0.05) is 36.4 Å². The summed E-state index contributed by atoms with van der Waals surface area (Å²) >= 11 is 5.96. The standard InChI is InChI=1S/C16H17ClFN/c1-12(14-8-4-5-9-15(14)18)19(2)16-10-6-3-7-13(16)11-17/h3-10,12H,11H2,1-2H3. The fourth-order valence-electron chi connectivity index (χ4n) is 2.20. The molecule has 19 heavy (non-hydrogen) atoms. The molecule has 3 heteroatoms. The minimum absolute atomic E-state index is 0.0504. The second kappa shape index (κ2) is 6.07. The van der Waals surface area contributed by atoms with Crippen molar-refractivity contribution in [2.45, 2.75) is 18.8 Å². The zero-order chi connectivity index (χ0) is 13.8. The van der Waals surface area contributed by atoms with Gasteiger partial charge in [-0.3, -0.25) is 0 Å². The molecule has 0 saturated heterocycles. The molecule has 1 atom stereocenters. The highest BCUT2D eigenvalue weighted by Crippen LogP contribution is 2.29. The van der Waals surface area contributed by atoms with Gasteiger partial charge in [-0.05, 0) is 24.6 Å². The van der Waals surface area contributed by atoms with Gasteiger partial charge in [-0.25, -0.2) is 4.39 Å². The SMILES string of the molecule is CC(c1ccccc1F)N(C)c1ccccc1CCl. The van der Waals surface area contributed by atoms with Crippen LogP contribution in [0, 0.1) is 5.82 Å². The molecule has 0 amide bonds. The van der Waals surface area contributed by atoms with Crippen molar-refractivity contribution in [3.8, 4) is 0 Å². The van der Waals surface area contributed by atoms with Crippen LogP contribution in [0.4, 0.5) is 10.1 Å². The van der Waals surface area contributed by atoms with Crippen LogP contribution in [0.1, 0.15) is 24.1 Å². The molecule has 2 aromatic carbocycles. The number of benzene rings is 2. The Bertz CT molecular complexity index is 556. The number of nitrogens with zero attached hydrogens (tertiary/aromatic N) is 1. The van der Waals surface area contributed by atoms with E-state index in [-0.39, 0.29) is 11.9 Å². The number of alkyl halides is 1. The molecule has 2 aromatic rings. The van der Waals surface area contributed by atoms with E-state index in [2.05, 4.69) is 4.90 Å². The van der Waals surface area contributed by atoms with Crippen molar-refractivity contribution in [3.63, 3.8) is 0 Å². The van der Waals surface area contributed by atoms with Crippen LogP contribution in [-0.4, -0.2) is 7.05 Å². The number of rotatable bonds is 4. The van der Waals surface area contributed by atoms with Crippen LogP contribution in [0.15, 0.2) is 48.5 Å². The first-order valence-electron chi connectivity index (χ1n) is 6.26. The van der Waals surface area contributed by atoms with E-state index >= 15 is 0 Å². The molecule has 0 spiro atoms. The fourth-order valence-corrected chi connectivity index (χ4v) is 2.43. The molecule has 0 heterocycles. The third-order valence-corrected chi connectivity index (χ3v) is 3.74. The number of anilines is 1. The fraction of sp³-hybridized carbons (Fsp3) is 0.250. The maximum Gasteiger partial charge on any atom is 0.128 e. The lowest BCUT2D eigenvalue weighted by Crippen LogP contribution is -2.23. The summed E-state index contributed by atoms with van der Waals surface area (Å²) < 4.78 is 13.8. The van der Waals surface area contributed by atoms with Crippen molar-refractivity contribution in [2.75, 3.05) is 11.9 Å². The molecule has 0 saturated carbocycles. The Balaban J connectivity index is 2.34. The lowest BCUT2D eigenvalue weighted by atomic mass is 10.0. The van der Waals surface area contributed by atoms with Gasteiger partial charge in [-0.2, -0.15) is 0 Å². The van der Waals surface area contributed by atoms with Gasteiger partial charge in [-0.15, -0.1) is 11.6 Å². The highest BCUT2D eigenvalue weighted by atomic mass is 35.5. The normalized spacial score (nSPS) is 12.2. The summed E-state index contributed by atoms with van der Waals surface area (Å²) in [6.45, 7) is 1.99. The van der Waals surface area contributed by atoms with Crippen molar-refractivity contribution in [3.05, 3.63) is 65.5 Å². The summed E-state index contributed by atoms with van der Waals surface area (Å²) in [5.41, 5.74) is 2.78. The average Bonchev–Trinajstić information content (AvgIpc) is 2.46. The maximum absolute atomic E-state index is 13.8. The Morgan fingerprint density at radius 3 is 2.42 bits per heavy atom. The highest BCUT2D eigenvalue weighted by molar-refractivity contribution is 6.17. The maximum atomic E-state index is 13.8. The summed E-state index contributed by atoms with van der Waals surface area (Å²) in [6.07, 6.45) is 0. The second-order valence-corrected chi connectivity index (χ2v) is 4.84. The van der Waals surface area contributed by atoms with E-state index in [1.807, 2.05) is 50.4 Å². The number of hydrogen-bond acceptors (Lipinski definition) is 1. The molecular formula is C16H17ClFN. The topological polar surface area (TPSA) is 3.24 Å². The quantitative estimate of drug-likeness (QED) is 0.728. The van der Waals surface area contributed by atoms with Crippen molar-refractivity contribution in [1.82, 2.24) is 0 Å². The minimum atomic E-state index is -0.176. The van der Waals surface area contributed by atoms with Crippen LogP contribution in [-0.2, 0) is 5.88 Å². The molecule has 0 bridgehead atoms. The van der Waals surface area contributed by atoms with Crippen LogP contribution in [0.3, 0.4) is 0 Å². The van der Waals surface area contributed by atoms with Gasteiger partial charge in [0.1, 0.15) is 5.82 Å². The van der Waals surface area contributed by atoms with Crippen LogP contribution < -0.4 is 4.90 Å². The summed E-state index contributed by atoms with van der Waals surface area (Å²) in [5.74, 6) is 0.273. The molecule has 1 unspecified atom stereocenters. The van der Waals surface area contributed by atoms with Gasteiger partial charge in [0.2, 0.25) is 0 Å². The Morgan fingerprint density at radius 2 is 1.74 bits per heavy atom. The lowest BCUT2D eigenvalue weighted by molar-refractivity contribution is 0.585. The van der Waals surface area contributed by atoms with Gasteiger partial charge in [0, 0.05) is 24.2 Å². The van der Waals surface area contributed by atoms with Crippen LogP contribution in [0.2, 0.25) is 0 Å². The van der Waals surface area contributed by atoms with Crippen LogP contribution in [0.5, 0.6) is 0 Å². The third-order valence-electron chi connectivity index (χ3n) is 3.45. The second-order valence-electron chi connectivity index (χ2n) is 4.57. The van der Waals surface area contributed by atoms with E-state index < -0.39 is 0 Å². The van der Waals surface area contributed by atoms with E-state index in [0.29, 0.717) is 11.4 Å². The molecule has 0 aliphatic rings. The first-order chi connectivity index (χ1) is 9.15. The molecule has 0 aromatic heterocycles. The predicted octanol–water partition coefficient (Wildman–Crippen LogP) is 4.76. The Morgan fingerprint density at radius 1 is 1.11 bits per heavy atom. The van der Waals surface area contributed by atoms with Gasteiger partial charge >= 0.3 is 0 Å². The summed E-state index contributed by atoms with van der Waals surface area (Å²) in [5, 5.41) is 0. The van der Waals surface area contributed by atoms with Crippen LogP contribution >= 0.6 is 11.6 Å². The highest BCUT2D eigenvalue weighted by Gasteiger charge is 2.17. The molecule has 2 rings (SSSR count). The Hall–Kier alpha value is -1.54. The number of halogens is 2. The first-order valence-corrected chi connectivity index (χ1v) is 6.79. The van der Waals surface area contributed by atoms with Crippen LogP contribution in [0.25, 0.3) is 0 Å². The van der Waals surface area contributed by atoms with Crippen molar-refractivity contribution < 1.29 is 4.39 Å². The zero-order valence-electron chi connectivity index (χ0n) is 11.1. The van der Waals surface area contributed by atoms with Gasteiger partial charge in [0.15, 0.2) is 0 Å². The van der Waals surface area contributed by atoms with Crippen molar-refractivity contribution in [1.29, 1.82) is 0 Å². The summed E-state index contributed by atoms with van der Waals surface area (Å²) in [6, 6.07) is 14.8. The third kappa shape index (κ3) is 2.90. The minimum Gasteiger partial charge on any atom is -0.367 e. The molecule has 100 valence electrons. The largest absolute Gasteiger partial charge is 0.367 e. The predicted molar refractivity (Wildman–Crippen MR) is 79.2 cm³/mol. The monoisotopic (exact) mass is 277 g/mol. The molecule has 0 fully saturated rings. The Labute approximate surface area is 118 Å². The lowest BCUT2D eigenvalue weighted by Gasteiger charge is -2.29. The molecule has 1 nitrogen and oxygen atoms in total. The van der Waals surface area contributed by atoms with E-state index in [9.17, 15) is 4.39 Å². The molecule has 0 aliphatic heterocycles. The van der Waals surface area contributed by atoms with Gasteiger partial charge < -0.3 is 4.90 Å². The van der Waals surface area contributed by atoms with Gasteiger partial charge in [0.25, 0.3) is 0 Å². The molecular weight excluding hydrogens is 261 g/mol. The van der Waals surface area contributed by atoms with Crippen molar-refractivity contribution >= 4 is 17.3 Å². The molecule has 0 radical (unpaired) electrons. The van der Waals surface area contributed by atoms with E-state index in [0.717, 1.165) is 11.3 Å². The van der Waals surface area contributed by atoms with E-state index in [1.165, 1.54) is 6.07 Å². The summed E-state index contributed by atoms with van der Waals surface area (Å²) in [4.78, 5) is 2.05. The number of hydrogen-bond donors (Lipinski definition) is 0. The van der Waals surface area contributed by atoms with Gasteiger partial charge in [0.05, 0.1) is 6.04 Å². The molecule has 0 aliphatic carbocycles. The smallest absolute Gasteiger partial charge is 0.128 e. The number of para-hydroxylation sites is 1. The zero-order valence-corrected chi connectivity index (χ0v) is 11.9. The molecule has 0 N–H and O–H groups in total. The Kier molecular flexibility index (Phi) is 4.43. The van der Waals surface area contributed by atoms with E-state index in [1.54, 1.807) is 6.07 Å².